The highest BCUT2D eigenvalue weighted by Crippen LogP contribution is 2.35. The maximum atomic E-state index is 13.8. The predicted molar refractivity (Wildman–Crippen MR) is 131 cm³/mol. The zero-order valence-electron chi connectivity index (χ0n) is 18.8. The number of carbonyl (C=O) groups is 1. The fourth-order valence-electron chi connectivity index (χ4n) is 4.91. The van der Waals surface area contributed by atoms with E-state index in [2.05, 4.69) is 26.1 Å². The van der Waals surface area contributed by atoms with Crippen molar-refractivity contribution in [3.8, 4) is 22.6 Å². The first kappa shape index (κ1) is 21.3. The van der Waals surface area contributed by atoms with Crippen molar-refractivity contribution in [1.82, 2.24) is 20.1 Å². The summed E-state index contributed by atoms with van der Waals surface area (Å²) in [6, 6.07) is 12.3. The van der Waals surface area contributed by atoms with Crippen LogP contribution in [-0.2, 0) is 13.0 Å². The third kappa shape index (κ3) is 3.65. The van der Waals surface area contributed by atoms with Gasteiger partial charge in [0.2, 0.25) is 0 Å². The Hall–Kier alpha value is -3.29. The van der Waals surface area contributed by atoms with Crippen molar-refractivity contribution in [2.75, 3.05) is 20.3 Å². The zero-order valence-corrected chi connectivity index (χ0v) is 19.6. The van der Waals surface area contributed by atoms with Gasteiger partial charge in [-0.05, 0) is 54.8 Å². The Labute approximate surface area is 202 Å². The Morgan fingerprint density at radius 2 is 2.18 bits per heavy atom. The summed E-state index contributed by atoms with van der Waals surface area (Å²) in [5.41, 5.74) is 4.57. The molecule has 174 valence electrons. The zero-order chi connectivity index (χ0) is 23.2. The molecule has 4 heterocycles. The number of aromatic amines is 1. The number of benzene rings is 2. The van der Waals surface area contributed by atoms with Crippen LogP contribution in [0.4, 0.5) is 0 Å². The third-order valence-electron chi connectivity index (χ3n) is 6.94. The molecule has 2 aromatic carbocycles. The summed E-state index contributed by atoms with van der Waals surface area (Å²) < 4.78 is 13.5. The summed E-state index contributed by atoms with van der Waals surface area (Å²) in [6.07, 6.45) is 5.49. The van der Waals surface area contributed by atoms with E-state index in [1.54, 1.807) is 13.3 Å². The minimum absolute atomic E-state index is 0.105. The van der Waals surface area contributed by atoms with Crippen LogP contribution >= 0.6 is 11.6 Å². The van der Waals surface area contributed by atoms with Crippen LogP contribution in [0.5, 0.6) is 11.5 Å². The lowest BCUT2D eigenvalue weighted by molar-refractivity contribution is 0.0856. The molecule has 1 fully saturated rings. The standard InChI is InChI=1S/C26H25ClN4O3/c1-33-19-3-5-24-16(9-19)8-17(14-34-24)25(32)22-13-31(12-18-6-7-28-18)23-10-15(2-4-20(22)23)21-11-29-30-26(21)27/h2-5,9-11,13,17-18,28H,6-8,12,14H2,1H3,(H,29,30)/t17?,18-/m0/s1. The van der Waals surface area contributed by atoms with Gasteiger partial charge in [-0.2, -0.15) is 5.10 Å². The second-order valence-electron chi connectivity index (χ2n) is 9.01. The summed E-state index contributed by atoms with van der Waals surface area (Å²) in [7, 11) is 1.64. The van der Waals surface area contributed by atoms with Gasteiger partial charge in [-0.25, -0.2) is 0 Å². The molecule has 8 heteroatoms. The molecule has 6 rings (SSSR count). The molecule has 2 atom stereocenters. The molecule has 34 heavy (non-hydrogen) atoms. The molecule has 0 spiro atoms. The van der Waals surface area contributed by atoms with Crippen molar-refractivity contribution in [2.24, 2.45) is 5.92 Å². The lowest BCUT2D eigenvalue weighted by Gasteiger charge is -2.28. The number of hydrogen-bond donors (Lipinski definition) is 2. The maximum absolute atomic E-state index is 13.8. The first-order valence-corrected chi connectivity index (χ1v) is 11.9. The molecular weight excluding hydrogens is 452 g/mol. The van der Waals surface area contributed by atoms with Crippen LogP contribution in [0.1, 0.15) is 22.3 Å². The predicted octanol–water partition coefficient (Wildman–Crippen LogP) is 4.49. The number of ether oxygens (including phenoxy) is 2. The minimum atomic E-state index is -0.247. The van der Waals surface area contributed by atoms with E-state index in [1.165, 1.54) is 0 Å². The molecule has 2 aliphatic rings. The van der Waals surface area contributed by atoms with Crippen LogP contribution in [0.15, 0.2) is 48.8 Å². The van der Waals surface area contributed by atoms with Crippen molar-refractivity contribution < 1.29 is 14.3 Å². The summed E-state index contributed by atoms with van der Waals surface area (Å²) in [5, 5.41) is 11.7. The van der Waals surface area contributed by atoms with Crippen molar-refractivity contribution in [3.63, 3.8) is 0 Å². The van der Waals surface area contributed by atoms with Crippen molar-refractivity contribution in [3.05, 3.63) is 65.1 Å². The molecule has 0 bridgehead atoms. The normalized spacial score (nSPS) is 19.4. The summed E-state index contributed by atoms with van der Waals surface area (Å²) in [6.45, 7) is 2.22. The molecule has 2 aromatic heterocycles. The second-order valence-corrected chi connectivity index (χ2v) is 9.39. The molecule has 7 nitrogen and oxygen atoms in total. The average Bonchev–Trinajstić information content (AvgIpc) is 3.43. The Balaban J connectivity index is 1.37. The van der Waals surface area contributed by atoms with Gasteiger partial charge in [0.25, 0.3) is 0 Å². The molecule has 0 radical (unpaired) electrons. The number of hydrogen-bond acceptors (Lipinski definition) is 5. The van der Waals surface area contributed by atoms with E-state index in [9.17, 15) is 4.79 Å². The molecule has 2 N–H and O–H groups in total. The number of nitrogens with one attached hydrogen (secondary N) is 2. The van der Waals surface area contributed by atoms with Crippen molar-refractivity contribution in [2.45, 2.75) is 25.4 Å². The largest absolute Gasteiger partial charge is 0.497 e. The molecule has 0 saturated carbocycles. The number of carbonyl (C=O) groups excluding carboxylic acids is 1. The number of ketones is 1. The van der Waals surface area contributed by atoms with Crippen molar-refractivity contribution >= 4 is 28.3 Å². The Kier molecular flexibility index (Phi) is 5.31. The maximum Gasteiger partial charge on any atom is 0.171 e. The van der Waals surface area contributed by atoms with Gasteiger partial charge in [-0.15, -0.1) is 0 Å². The number of nitrogens with zero attached hydrogens (tertiary/aromatic N) is 2. The first-order chi connectivity index (χ1) is 16.6. The van der Waals surface area contributed by atoms with E-state index in [-0.39, 0.29) is 11.7 Å². The molecule has 1 saturated heterocycles. The lowest BCUT2D eigenvalue weighted by atomic mass is 9.89. The van der Waals surface area contributed by atoms with Gasteiger partial charge in [0, 0.05) is 40.8 Å². The van der Waals surface area contributed by atoms with Crippen LogP contribution < -0.4 is 14.8 Å². The van der Waals surface area contributed by atoms with Gasteiger partial charge < -0.3 is 19.4 Å². The quantitative estimate of drug-likeness (QED) is 0.401. The van der Waals surface area contributed by atoms with Crippen LogP contribution in [0, 0.1) is 5.92 Å². The molecule has 1 unspecified atom stereocenters. The van der Waals surface area contributed by atoms with E-state index < -0.39 is 0 Å². The summed E-state index contributed by atoms with van der Waals surface area (Å²) in [4.78, 5) is 13.8. The van der Waals surface area contributed by atoms with E-state index >= 15 is 0 Å². The van der Waals surface area contributed by atoms with Gasteiger partial charge in [-0.1, -0.05) is 23.7 Å². The smallest absolute Gasteiger partial charge is 0.171 e. The summed E-state index contributed by atoms with van der Waals surface area (Å²) in [5.74, 6) is 1.45. The molecule has 0 aliphatic carbocycles. The minimum Gasteiger partial charge on any atom is -0.497 e. The number of fused-ring (bicyclic) bond motifs is 2. The second kappa shape index (κ2) is 8.49. The van der Waals surface area contributed by atoms with E-state index in [0.717, 1.165) is 64.2 Å². The van der Waals surface area contributed by atoms with Crippen LogP contribution in [0.2, 0.25) is 5.15 Å². The number of rotatable bonds is 6. The Morgan fingerprint density at radius 3 is 2.91 bits per heavy atom. The van der Waals surface area contributed by atoms with Gasteiger partial charge in [0.15, 0.2) is 5.78 Å². The monoisotopic (exact) mass is 476 g/mol. The molecule has 4 aromatic rings. The first-order valence-electron chi connectivity index (χ1n) is 11.5. The van der Waals surface area contributed by atoms with Gasteiger partial charge in [0.05, 0.1) is 25.8 Å². The van der Waals surface area contributed by atoms with Gasteiger partial charge in [-0.3, -0.25) is 9.89 Å². The number of aromatic nitrogens is 3. The topological polar surface area (TPSA) is 81.2 Å². The number of Topliss-reactive ketones (excluding diaryl/α,β-unsaturated/α-hetero) is 1. The molecular formula is C26H25ClN4O3. The summed E-state index contributed by atoms with van der Waals surface area (Å²) >= 11 is 6.29. The molecule has 0 amide bonds. The fraction of sp³-hybridized carbons (Fsp3) is 0.308. The Morgan fingerprint density at radius 1 is 1.29 bits per heavy atom. The van der Waals surface area contributed by atoms with E-state index in [1.807, 2.05) is 36.5 Å². The number of halogens is 1. The fourth-order valence-corrected chi connectivity index (χ4v) is 5.11. The third-order valence-corrected chi connectivity index (χ3v) is 7.23. The average molecular weight is 477 g/mol. The highest BCUT2D eigenvalue weighted by Gasteiger charge is 2.30. The highest BCUT2D eigenvalue weighted by molar-refractivity contribution is 6.32. The number of H-pyrrole nitrogens is 1. The van der Waals surface area contributed by atoms with Gasteiger partial charge >= 0.3 is 0 Å². The van der Waals surface area contributed by atoms with Crippen LogP contribution in [-0.4, -0.2) is 46.9 Å². The SMILES string of the molecule is COc1ccc2c(c1)CC(C(=O)c1cn(C[C@@H]3CCN3)c3cc(-c4cn[nH]c4Cl)ccc13)CO2. The van der Waals surface area contributed by atoms with Gasteiger partial charge in [0.1, 0.15) is 16.7 Å². The Bertz CT molecular complexity index is 1390. The van der Waals surface area contributed by atoms with E-state index in [0.29, 0.717) is 24.2 Å². The van der Waals surface area contributed by atoms with Crippen LogP contribution in [0.25, 0.3) is 22.0 Å². The van der Waals surface area contributed by atoms with E-state index in [4.69, 9.17) is 21.1 Å². The lowest BCUT2D eigenvalue weighted by Crippen LogP contribution is -2.45. The van der Waals surface area contributed by atoms with Crippen LogP contribution in [0.3, 0.4) is 0 Å². The highest BCUT2D eigenvalue weighted by atomic mass is 35.5. The number of methoxy groups -OCH3 is 1. The van der Waals surface area contributed by atoms with Crippen molar-refractivity contribution in [1.29, 1.82) is 0 Å². The molecule has 2 aliphatic heterocycles.